The summed E-state index contributed by atoms with van der Waals surface area (Å²) in [5.41, 5.74) is 7.13. The van der Waals surface area contributed by atoms with E-state index in [1.807, 2.05) is 18.2 Å². The van der Waals surface area contributed by atoms with Crippen LogP contribution in [0.5, 0.6) is 0 Å². The summed E-state index contributed by atoms with van der Waals surface area (Å²) in [7, 11) is 0. The maximum atomic E-state index is 9.58. The molecule has 1 heterocycles. The van der Waals surface area contributed by atoms with E-state index in [1.165, 1.54) is 0 Å². The lowest BCUT2D eigenvalue weighted by atomic mass is 10.1. The highest BCUT2D eigenvalue weighted by Gasteiger charge is 2.09. The number of nitrogens with one attached hydrogen (secondary N) is 1. The Bertz CT molecular complexity index is 410. The van der Waals surface area contributed by atoms with Gasteiger partial charge in [-0.2, -0.15) is 5.10 Å². The maximum absolute atomic E-state index is 9.58. The average Bonchev–Trinajstić information content (AvgIpc) is 2.63. The Balaban J connectivity index is 2.60. The van der Waals surface area contributed by atoms with Crippen LogP contribution in [0.15, 0.2) is 24.4 Å². The number of aliphatic hydroxyl groups is 1. The molecule has 1 unspecified atom stereocenters. The molecule has 13 heavy (non-hydrogen) atoms. The van der Waals surface area contributed by atoms with E-state index >= 15 is 0 Å². The van der Waals surface area contributed by atoms with Crippen molar-refractivity contribution in [1.29, 1.82) is 0 Å². The van der Waals surface area contributed by atoms with Gasteiger partial charge in [-0.15, -0.1) is 0 Å². The fourth-order valence-corrected chi connectivity index (χ4v) is 1.41. The molecule has 1 atom stereocenters. The van der Waals surface area contributed by atoms with Gasteiger partial charge in [0.15, 0.2) is 0 Å². The van der Waals surface area contributed by atoms with Crippen LogP contribution in [0.1, 0.15) is 11.7 Å². The highest BCUT2D eigenvalue weighted by atomic mass is 16.3. The Labute approximate surface area is 75.4 Å². The van der Waals surface area contributed by atoms with E-state index in [9.17, 15) is 5.11 Å². The summed E-state index contributed by atoms with van der Waals surface area (Å²) in [6, 6.07) is 5.64. The minimum atomic E-state index is -0.610. The first-order valence-electron chi connectivity index (χ1n) is 4.13. The fourth-order valence-electron chi connectivity index (χ4n) is 1.41. The normalized spacial score (nSPS) is 13.4. The molecular weight excluding hydrogens is 166 g/mol. The van der Waals surface area contributed by atoms with Crippen LogP contribution in [0, 0.1) is 0 Å². The fraction of sp³-hybridized carbons (Fsp3) is 0.222. The summed E-state index contributed by atoms with van der Waals surface area (Å²) in [6.45, 7) is 0.226. The molecule has 1 aromatic carbocycles. The van der Waals surface area contributed by atoms with Crippen molar-refractivity contribution < 1.29 is 5.11 Å². The number of aliphatic hydroxyl groups excluding tert-OH is 1. The highest BCUT2D eigenvalue weighted by Crippen LogP contribution is 2.21. The number of hydrogen-bond donors (Lipinski definition) is 3. The maximum Gasteiger partial charge on any atom is 0.0919 e. The Morgan fingerprint density at radius 1 is 1.54 bits per heavy atom. The SMILES string of the molecule is NCC(O)c1cccc2[nH]ncc12. The van der Waals surface area contributed by atoms with Crippen molar-refractivity contribution in [2.24, 2.45) is 5.73 Å². The molecule has 0 bridgehead atoms. The van der Waals surface area contributed by atoms with E-state index in [0.717, 1.165) is 16.5 Å². The third-order valence-corrected chi connectivity index (χ3v) is 2.10. The van der Waals surface area contributed by atoms with Crippen LogP contribution in [0.25, 0.3) is 10.9 Å². The molecule has 1 aromatic heterocycles. The first kappa shape index (κ1) is 8.22. The van der Waals surface area contributed by atoms with Crippen LogP contribution in [-0.2, 0) is 0 Å². The summed E-state index contributed by atoms with van der Waals surface area (Å²) in [4.78, 5) is 0. The molecule has 0 aliphatic rings. The van der Waals surface area contributed by atoms with Gasteiger partial charge in [0, 0.05) is 11.9 Å². The molecule has 2 aromatic rings. The van der Waals surface area contributed by atoms with E-state index in [4.69, 9.17) is 5.73 Å². The summed E-state index contributed by atoms with van der Waals surface area (Å²) < 4.78 is 0. The predicted molar refractivity (Wildman–Crippen MR) is 50.1 cm³/mol. The van der Waals surface area contributed by atoms with Crippen LogP contribution >= 0.6 is 0 Å². The van der Waals surface area contributed by atoms with Gasteiger partial charge in [-0.25, -0.2) is 0 Å². The zero-order chi connectivity index (χ0) is 9.26. The zero-order valence-electron chi connectivity index (χ0n) is 7.07. The van der Waals surface area contributed by atoms with Gasteiger partial charge in [0.25, 0.3) is 0 Å². The first-order valence-corrected chi connectivity index (χ1v) is 4.13. The van der Waals surface area contributed by atoms with Crippen molar-refractivity contribution in [3.05, 3.63) is 30.0 Å². The van der Waals surface area contributed by atoms with Gasteiger partial charge in [-0.3, -0.25) is 5.10 Å². The van der Waals surface area contributed by atoms with Gasteiger partial charge in [-0.05, 0) is 11.6 Å². The first-order chi connectivity index (χ1) is 6.33. The smallest absolute Gasteiger partial charge is 0.0919 e. The molecule has 0 aliphatic heterocycles. The number of nitrogens with zero attached hydrogens (tertiary/aromatic N) is 1. The number of aromatic amines is 1. The molecule has 0 saturated heterocycles. The average molecular weight is 177 g/mol. The lowest BCUT2D eigenvalue weighted by Crippen LogP contribution is -2.11. The quantitative estimate of drug-likeness (QED) is 0.627. The zero-order valence-corrected chi connectivity index (χ0v) is 7.07. The third kappa shape index (κ3) is 1.30. The van der Waals surface area contributed by atoms with Crippen molar-refractivity contribution in [3.8, 4) is 0 Å². The molecule has 4 heteroatoms. The largest absolute Gasteiger partial charge is 0.387 e. The van der Waals surface area contributed by atoms with E-state index in [0.29, 0.717) is 0 Å². The van der Waals surface area contributed by atoms with E-state index in [2.05, 4.69) is 10.2 Å². The van der Waals surface area contributed by atoms with Gasteiger partial charge in [0.1, 0.15) is 0 Å². The molecule has 0 amide bonds. The number of benzene rings is 1. The minimum Gasteiger partial charge on any atom is -0.387 e. The van der Waals surface area contributed by atoms with Crippen molar-refractivity contribution in [2.75, 3.05) is 6.54 Å². The van der Waals surface area contributed by atoms with Crippen LogP contribution in [-0.4, -0.2) is 21.8 Å². The molecule has 0 radical (unpaired) electrons. The minimum absolute atomic E-state index is 0.226. The number of H-pyrrole nitrogens is 1. The predicted octanol–water partition coefficient (Wildman–Crippen LogP) is 0.555. The standard InChI is InChI=1S/C9H11N3O/c10-4-9(13)6-2-1-3-8-7(6)5-11-12-8/h1-3,5,9,13H,4,10H2,(H,11,12). The Kier molecular flexibility index (Phi) is 2.00. The summed E-state index contributed by atoms with van der Waals surface area (Å²) in [6.07, 6.45) is 1.09. The van der Waals surface area contributed by atoms with E-state index in [-0.39, 0.29) is 6.54 Å². The van der Waals surface area contributed by atoms with Crippen molar-refractivity contribution in [1.82, 2.24) is 10.2 Å². The molecule has 68 valence electrons. The lowest BCUT2D eigenvalue weighted by molar-refractivity contribution is 0.188. The Morgan fingerprint density at radius 2 is 2.38 bits per heavy atom. The summed E-state index contributed by atoms with van der Waals surface area (Å²) >= 11 is 0. The molecular formula is C9H11N3O. The number of aromatic nitrogens is 2. The van der Waals surface area contributed by atoms with Gasteiger partial charge in [0.2, 0.25) is 0 Å². The Hall–Kier alpha value is -1.39. The molecule has 4 N–H and O–H groups in total. The van der Waals surface area contributed by atoms with Gasteiger partial charge < -0.3 is 10.8 Å². The second-order valence-electron chi connectivity index (χ2n) is 2.93. The number of fused-ring (bicyclic) bond motifs is 1. The van der Waals surface area contributed by atoms with Gasteiger partial charge >= 0.3 is 0 Å². The molecule has 0 saturated carbocycles. The van der Waals surface area contributed by atoms with E-state index < -0.39 is 6.10 Å². The third-order valence-electron chi connectivity index (χ3n) is 2.10. The van der Waals surface area contributed by atoms with Crippen molar-refractivity contribution >= 4 is 10.9 Å². The second kappa shape index (κ2) is 3.16. The highest BCUT2D eigenvalue weighted by molar-refractivity contribution is 5.81. The lowest BCUT2D eigenvalue weighted by Gasteiger charge is -2.08. The monoisotopic (exact) mass is 177 g/mol. The molecule has 2 rings (SSSR count). The van der Waals surface area contributed by atoms with Crippen LogP contribution in [0.4, 0.5) is 0 Å². The van der Waals surface area contributed by atoms with Crippen LogP contribution in [0.2, 0.25) is 0 Å². The number of hydrogen-bond acceptors (Lipinski definition) is 3. The Morgan fingerprint density at radius 3 is 3.15 bits per heavy atom. The van der Waals surface area contributed by atoms with E-state index in [1.54, 1.807) is 6.20 Å². The van der Waals surface area contributed by atoms with Gasteiger partial charge in [-0.1, -0.05) is 12.1 Å². The second-order valence-corrected chi connectivity index (χ2v) is 2.93. The number of nitrogens with two attached hydrogens (primary N) is 1. The summed E-state index contributed by atoms with van der Waals surface area (Å²) in [5, 5.41) is 17.2. The molecule has 0 fully saturated rings. The number of rotatable bonds is 2. The molecule has 4 nitrogen and oxygen atoms in total. The van der Waals surface area contributed by atoms with Crippen molar-refractivity contribution in [3.63, 3.8) is 0 Å². The van der Waals surface area contributed by atoms with Crippen molar-refractivity contribution in [2.45, 2.75) is 6.10 Å². The van der Waals surface area contributed by atoms with Crippen LogP contribution < -0.4 is 5.73 Å². The summed E-state index contributed by atoms with van der Waals surface area (Å²) in [5.74, 6) is 0. The molecule has 0 aliphatic carbocycles. The van der Waals surface area contributed by atoms with Crippen LogP contribution in [0.3, 0.4) is 0 Å². The molecule has 0 spiro atoms. The topological polar surface area (TPSA) is 74.9 Å². The van der Waals surface area contributed by atoms with Gasteiger partial charge in [0.05, 0.1) is 17.8 Å².